The summed E-state index contributed by atoms with van der Waals surface area (Å²) in [7, 11) is 3.93. The first-order chi connectivity index (χ1) is 26.5. The van der Waals surface area contributed by atoms with Crippen molar-refractivity contribution >= 4 is 22.1 Å². The van der Waals surface area contributed by atoms with Crippen LogP contribution in [0.15, 0.2) is 139 Å². The van der Waals surface area contributed by atoms with Crippen molar-refractivity contribution in [1.29, 1.82) is 0 Å². The number of furan rings is 1. The van der Waals surface area contributed by atoms with Crippen molar-refractivity contribution in [2.45, 2.75) is 32.6 Å². The van der Waals surface area contributed by atoms with Crippen LogP contribution in [0.2, 0.25) is 0 Å². The molecule has 9 aromatic rings. The summed E-state index contributed by atoms with van der Waals surface area (Å²) < 4.78 is 11.8. The maximum Gasteiger partial charge on any atom is 0.241 e. The van der Waals surface area contributed by atoms with Crippen molar-refractivity contribution in [3.63, 3.8) is 0 Å². The smallest absolute Gasteiger partial charge is 0.241 e. The number of rotatable bonds is 9. The van der Waals surface area contributed by atoms with Crippen LogP contribution >= 0.6 is 0 Å². The molecule has 0 atom stereocenters. The monoisotopic (exact) mass is 896 g/mol. The van der Waals surface area contributed by atoms with Crippen LogP contribution in [-0.4, -0.2) is 24.1 Å². The second kappa shape index (κ2) is 17.0. The molecule has 9 rings (SSSR count). The van der Waals surface area contributed by atoms with Gasteiger partial charge in [-0.25, -0.2) is 4.98 Å². The Kier molecular flexibility index (Phi) is 11.6. The summed E-state index contributed by atoms with van der Waals surface area (Å²) in [6.45, 7) is 1.96. The first kappa shape index (κ1) is 37.4. The maximum atomic E-state index is 5.95. The zero-order valence-corrected chi connectivity index (χ0v) is 33.4. The normalized spacial score (nSPS) is 11.0. The Hall–Kier alpha value is -5.95. The molecule has 0 unspecified atom stereocenters. The van der Waals surface area contributed by atoms with E-state index in [1.165, 1.54) is 22.3 Å². The standard InChI is InChI=1S/C31H27N3.C16H12N3O.Ir/c1-33-20-21-34(24-33)30-17-14-25(15-18-30)10-11-26-6-5-7-27(22-26)12-13-28-16-19-31(32-23-28)29-8-3-2-4-9-29;1-10-6-7-12-11-4-3-5-13(14(11)20-16(12)18-10)15-17-8-9-19(15)2;/h2-8,14-17,19-23H,10-13H2,1H3;3-4,6-9H,1-2H3;/q-2;-1;. The molecule has 0 amide bonds. The van der Waals surface area contributed by atoms with Gasteiger partial charge in [0, 0.05) is 69.2 Å². The molecule has 55 heavy (non-hydrogen) atoms. The van der Waals surface area contributed by atoms with Crippen molar-refractivity contribution < 1.29 is 29.1 Å². The minimum Gasteiger partial charge on any atom is -0.486 e. The summed E-state index contributed by atoms with van der Waals surface area (Å²) in [6.07, 6.45) is 16.9. The molecule has 0 N–H and O–H groups in total. The molecule has 0 fully saturated rings. The summed E-state index contributed by atoms with van der Waals surface area (Å²) in [5, 5.41) is 2.07. The summed E-state index contributed by atoms with van der Waals surface area (Å²) in [4.78, 5) is 13.5. The molecule has 0 aliphatic carbocycles. The SMILES string of the molecule is C[n+]1[c-]n(-c2[c-]cc(CCc3cccc(CCc4ccc(-c5[c-]cccc5)nc4)c3)cc2)cc1.Cc1ccc2c(n1)oc1c(-c3nccn3C)[c-]ccc12.[Ir]. The molecule has 5 heterocycles. The zero-order chi connectivity index (χ0) is 36.9. The average molecular weight is 896 g/mol. The fraction of sp³-hybridized carbons (Fsp3) is 0.149. The van der Waals surface area contributed by atoms with E-state index in [1.54, 1.807) is 6.20 Å². The minimum atomic E-state index is 0. The maximum absolute atomic E-state index is 5.95. The zero-order valence-electron chi connectivity index (χ0n) is 31.0. The molecule has 0 saturated carbocycles. The molecule has 0 bridgehead atoms. The van der Waals surface area contributed by atoms with Crippen LogP contribution in [0, 0.1) is 31.5 Å². The Morgan fingerprint density at radius 1 is 0.745 bits per heavy atom. The van der Waals surface area contributed by atoms with E-state index in [0.29, 0.717) is 5.71 Å². The molecule has 7 nitrogen and oxygen atoms in total. The number of pyridine rings is 2. The van der Waals surface area contributed by atoms with Crippen molar-refractivity contribution in [1.82, 2.24) is 24.1 Å². The van der Waals surface area contributed by atoms with Crippen molar-refractivity contribution in [3.8, 4) is 28.3 Å². The molecule has 0 spiro atoms. The third-order valence-corrected chi connectivity index (χ3v) is 9.51. The molecule has 1 radical (unpaired) electrons. The summed E-state index contributed by atoms with van der Waals surface area (Å²) in [5.74, 6) is 0.839. The van der Waals surface area contributed by atoms with E-state index >= 15 is 0 Å². The Labute approximate surface area is 335 Å². The minimum absolute atomic E-state index is 0. The van der Waals surface area contributed by atoms with E-state index in [2.05, 4.69) is 94.1 Å². The molecular weight excluding hydrogens is 857 g/mol. The van der Waals surface area contributed by atoms with Gasteiger partial charge in [-0.05, 0) is 60.7 Å². The first-order valence-electron chi connectivity index (χ1n) is 18.1. The Bertz CT molecular complexity index is 2640. The number of hydrogen-bond acceptors (Lipinski definition) is 4. The van der Waals surface area contributed by atoms with E-state index in [4.69, 9.17) is 4.42 Å². The van der Waals surface area contributed by atoms with Gasteiger partial charge in [-0.3, -0.25) is 4.98 Å². The predicted octanol–water partition coefficient (Wildman–Crippen LogP) is 8.82. The molecule has 5 aromatic heterocycles. The van der Waals surface area contributed by atoms with Crippen molar-refractivity contribution in [2.75, 3.05) is 0 Å². The fourth-order valence-electron chi connectivity index (χ4n) is 6.58. The second-order valence-corrected chi connectivity index (χ2v) is 13.5. The Balaban J connectivity index is 0.000000188. The topological polar surface area (TPSA) is 65.6 Å². The van der Waals surface area contributed by atoms with Gasteiger partial charge in [0.15, 0.2) is 0 Å². The van der Waals surface area contributed by atoms with Crippen LogP contribution in [0.5, 0.6) is 0 Å². The van der Waals surface area contributed by atoms with Crippen LogP contribution in [0.25, 0.3) is 50.4 Å². The van der Waals surface area contributed by atoms with Crippen LogP contribution in [0.1, 0.15) is 27.9 Å². The average Bonchev–Trinajstić information content (AvgIpc) is 3.95. The van der Waals surface area contributed by atoms with Crippen molar-refractivity contribution in [3.05, 3.63) is 187 Å². The number of benzene rings is 4. The second-order valence-electron chi connectivity index (χ2n) is 13.5. The van der Waals surface area contributed by atoms with Gasteiger partial charge in [0.25, 0.3) is 0 Å². The van der Waals surface area contributed by atoms with E-state index in [-0.39, 0.29) is 20.1 Å². The predicted molar refractivity (Wildman–Crippen MR) is 212 cm³/mol. The van der Waals surface area contributed by atoms with Gasteiger partial charge in [-0.1, -0.05) is 59.5 Å². The van der Waals surface area contributed by atoms with Gasteiger partial charge >= 0.3 is 0 Å². The number of fused-ring (bicyclic) bond motifs is 3. The first-order valence-corrected chi connectivity index (χ1v) is 18.1. The molecular formula is C47H39IrN6O-3. The van der Waals surface area contributed by atoms with Crippen LogP contribution in [0.4, 0.5) is 0 Å². The summed E-state index contributed by atoms with van der Waals surface area (Å²) in [6, 6.07) is 45.4. The number of aromatic nitrogens is 6. The van der Waals surface area contributed by atoms with Gasteiger partial charge in [-0.2, -0.15) is 29.8 Å². The van der Waals surface area contributed by atoms with Gasteiger partial charge in [0.1, 0.15) is 0 Å². The molecule has 8 heteroatoms. The molecule has 0 saturated heterocycles. The van der Waals surface area contributed by atoms with Crippen molar-refractivity contribution in [2.24, 2.45) is 14.1 Å². The summed E-state index contributed by atoms with van der Waals surface area (Å²) in [5.41, 5.74) is 11.6. The molecule has 0 aliphatic heterocycles. The third kappa shape index (κ3) is 8.73. The van der Waals surface area contributed by atoms with E-state index in [0.717, 1.165) is 76.1 Å². The Morgan fingerprint density at radius 3 is 2.25 bits per heavy atom. The number of imidazole rings is 2. The molecule has 0 aliphatic rings. The van der Waals surface area contributed by atoms with Gasteiger partial charge in [-0.15, -0.1) is 54.1 Å². The Morgan fingerprint density at radius 2 is 1.56 bits per heavy atom. The number of nitrogens with zero attached hydrogens (tertiary/aromatic N) is 6. The van der Waals surface area contributed by atoms with Gasteiger partial charge in [0.05, 0.1) is 18.5 Å². The van der Waals surface area contributed by atoms with E-state index < -0.39 is 0 Å². The summed E-state index contributed by atoms with van der Waals surface area (Å²) >= 11 is 0. The van der Waals surface area contributed by atoms with E-state index in [1.807, 2.05) is 108 Å². The third-order valence-electron chi connectivity index (χ3n) is 9.51. The quantitative estimate of drug-likeness (QED) is 0.107. The van der Waals surface area contributed by atoms with Crippen LogP contribution < -0.4 is 4.57 Å². The fourth-order valence-corrected chi connectivity index (χ4v) is 6.58. The van der Waals surface area contributed by atoms with Gasteiger partial charge in [0.2, 0.25) is 12.0 Å². The number of aryl methyl sites for hydroxylation is 7. The van der Waals surface area contributed by atoms with E-state index in [9.17, 15) is 0 Å². The van der Waals surface area contributed by atoms with Gasteiger partial charge < -0.3 is 23.1 Å². The molecule has 275 valence electrons. The largest absolute Gasteiger partial charge is 0.486 e. The number of hydrogen-bond donors (Lipinski definition) is 0. The molecule has 4 aromatic carbocycles. The van der Waals surface area contributed by atoms with Crippen LogP contribution in [-0.2, 0) is 59.9 Å². The van der Waals surface area contributed by atoms with Crippen LogP contribution in [0.3, 0.4) is 0 Å².